The monoisotopic (exact) mass is 193 g/mol. The van der Waals surface area contributed by atoms with E-state index in [1.807, 2.05) is 24.3 Å². The van der Waals surface area contributed by atoms with Crippen molar-refractivity contribution in [1.29, 1.82) is 0 Å². The lowest BCUT2D eigenvalue weighted by Gasteiger charge is -2.09. The third kappa shape index (κ3) is 2.47. The van der Waals surface area contributed by atoms with Gasteiger partial charge in [-0.25, -0.2) is 5.48 Å². The number of para-hydroxylation sites is 1. The molecular formula is C11H15NO2. The van der Waals surface area contributed by atoms with Crippen LogP contribution in [-0.4, -0.2) is 11.8 Å². The SMILES string of the molecule is ONCc1ccccc1OCC1CC1. The van der Waals surface area contributed by atoms with Crippen LogP contribution in [-0.2, 0) is 6.54 Å². The van der Waals surface area contributed by atoms with Gasteiger partial charge < -0.3 is 9.94 Å². The summed E-state index contributed by atoms with van der Waals surface area (Å²) >= 11 is 0. The fraction of sp³-hybridized carbons (Fsp3) is 0.455. The van der Waals surface area contributed by atoms with Crippen LogP contribution in [0.25, 0.3) is 0 Å². The van der Waals surface area contributed by atoms with Gasteiger partial charge in [-0.15, -0.1) is 0 Å². The largest absolute Gasteiger partial charge is 0.493 e. The molecule has 0 heterocycles. The molecule has 0 radical (unpaired) electrons. The van der Waals surface area contributed by atoms with Gasteiger partial charge in [0, 0.05) is 12.1 Å². The molecule has 1 aromatic rings. The van der Waals surface area contributed by atoms with Crippen molar-refractivity contribution in [3.05, 3.63) is 29.8 Å². The van der Waals surface area contributed by atoms with Crippen molar-refractivity contribution < 1.29 is 9.94 Å². The molecule has 1 aromatic carbocycles. The third-order valence-electron chi connectivity index (χ3n) is 2.41. The minimum atomic E-state index is 0.431. The number of benzene rings is 1. The van der Waals surface area contributed by atoms with Crippen LogP contribution in [0.3, 0.4) is 0 Å². The van der Waals surface area contributed by atoms with Crippen molar-refractivity contribution in [3.63, 3.8) is 0 Å². The van der Waals surface area contributed by atoms with Crippen LogP contribution < -0.4 is 10.2 Å². The molecule has 1 aliphatic carbocycles. The fourth-order valence-electron chi connectivity index (χ4n) is 1.37. The van der Waals surface area contributed by atoms with Crippen LogP contribution in [0.1, 0.15) is 18.4 Å². The first-order valence-electron chi connectivity index (χ1n) is 4.98. The average molecular weight is 193 g/mol. The summed E-state index contributed by atoms with van der Waals surface area (Å²) in [6, 6.07) is 7.78. The standard InChI is InChI=1S/C11H15NO2/c13-12-7-10-3-1-2-4-11(10)14-8-9-5-6-9/h1-4,9,12-13H,5-8H2. The highest BCUT2D eigenvalue weighted by Gasteiger charge is 2.22. The van der Waals surface area contributed by atoms with Crippen molar-refractivity contribution in [2.75, 3.05) is 6.61 Å². The van der Waals surface area contributed by atoms with Crippen LogP contribution in [0.2, 0.25) is 0 Å². The molecule has 3 nitrogen and oxygen atoms in total. The first kappa shape index (κ1) is 9.49. The lowest BCUT2D eigenvalue weighted by molar-refractivity contribution is 0.159. The molecule has 3 heteroatoms. The van der Waals surface area contributed by atoms with E-state index in [4.69, 9.17) is 9.94 Å². The van der Waals surface area contributed by atoms with Gasteiger partial charge in [0.1, 0.15) is 5.75 Å². The number of hydroxylamine groups is 1. The Morgan fingerprint density at radius 2 is 2.14 bits per heavy atom. The molecular weight excluding hydrogens is 178 g/mol. The lowest BCUT2D eigenvalue weighted by atomic mass is 10.2. The minimum Gasteiger partial charge on any atom is -0.493 e. The van der Waals surface area contributed by atoms with Crippen LogP contribution >= 0.6 is 0 Å². The highest BCUT2D eigenvalue weighted by atomic mass is 16.5. The summed E-state index contributed by atoms with van der Waals surface area (Å²) in [7, 11) is 0. The van der Waals surface area contributed by atoms with Crippen LogP contribution in [0, 0.1) is 5.92 Å². The number of hydrogen-bond donors (Lipinski definition) is 2. The molecule has 0 saturated heterocycles. The van der Waals surface area contributed by atoms with Crippen molar-refractivity contribution in [1.82, 2.24) is 5.48 Å². The molecule has 1 saturated carbocycles. The summed E-state index contributed by atoms with van der Waals surface area (Å²) in [6.45, 7) is 1.24. The van der Waals surface area contributed by atoms with E-state index < -0.39 is 0 Å². The second-order valence-electron chi connectivity index (χ2n) is 3.70. The highest BCUT2D eigenvalue weighted by Crippen LogP contribution is 2.30. The van der Waals surface area contributed by atoms with Crippen LogP contribution in [0.4, 0.5) is 0 Å². The Hall–Kier alpha value is -1.06. The first-order valence-corrected chi connectivity index (χ1v) is 4.98. The first-order chi connectivity index (χ1) is 6.90. The van der Waals surface area contributed by atoms with Gasteiger partial charge in [-0.1, -0.05) is 18.2 Å². The molecule has 2 N–H and O–H groups in total. The summed E-state index contributed by atoms with van der Waals surface area (Å²) in [4.78, 5) is 0. The summed E-state index contributed by atoms with van der Waals surface area (Å²) in [5, 5.41) is 8.63. The Labute approximate surface area is 83.7 Å². The Bertz CT molecular complexity index is 297. The van der Waals surface area contributed by atoms with E-state index in [-0.39, 0.29) is 0 Å². The van der Waals surface area contributed by atoms with Crippen molar-refractivity contribution >= 4 is 0 Å². The van der Waals surface area contributed by atoms with E-state index in [9.17, 15) is 0 Å². The Morgan fingerprint density at radius 3 is 2.86 bits per heavy atom. The van der Waals surface area contributed by atoms with Crippen molar-refractivity contribution in [2.45, 2.75) is 19.4 Å². The maximum Gasteiger partial charge on any atom is 0.123 e. The normalized spacial score (nSPS) is 15.5. The van der Waals surface area contributed by atoms with Gasteiger partial charge >= 0.3 is 0 Å². The second-order valence-corrected chi connectivity index (χ2v) is 3.70. The molecule has 0 aliphatic heterocycles. The zero-order valence-electron chi connectivity index (χ0n) is 8.07. The highest BCUT2D eigenvalue weighted by molar-refractivity contribution is 5.33. The summed E-state index contributed by atoms with van der Waals surface area (Å²) < 4.78 is 5.66. The zero-order valence-corrected chi connectivity index (χ0v) is 8.07. The molecule has 0 unspecified atom stereocenters. The Kier molecular flexibility index (Phi) is 3.01. The molecule has 14 heavy (non-hydrogen) atoms. The smallest absolute Gasteiger partial charge is 0.123 e. The minimum absolute atomic E-state index is 0.431. The Morgan fingerprint density at radius 1 is 1.36 bits per heavy atom. The van der Waals surface area contributed by atoms with Gasteiger partial charge in [-0.3, -0.25) is 0 Å². The Balaban J connectivity index is 1.97. The molecule has 1 aliphatic rings. The molecule has 0 spiro atoms. The van der Waals surface area contributed by atoms with E-state index in [0.717, 1.165) is 23.8 Å². The van der Waals surface area contributed by atoms with Gasteiger partial charge in [0.15, 0.2) is 0 Å². The topological polar surface area (TPSA) is 41.5 Å². The molecule has 0 aromatic heterocycles. The van der Waals surface area contributed by atoms with E-state index in [0.29, 0.717) is 6.54 Å². The molecule has 2 rings (SSSR count). The van der Waals surface area contributed by atoms with Gasteiger partial charge in [-0.05, 0) is 24.8 Å². The van der Waals surface area contributed by atoms with Gasteiger partial charge in [0.25, 0.3) is 0 Å². The quantitative estimate of drug-likeness (QED) is 0.702. The number of ether oxygens (including phenoxy) is 1. The maximum atomic E-state index is 8.63. The second kappa shape index (κ2) is 4.44. The summed E-state index contributed by atoms with van der Waals surface area (Å²) in [5.74, 6) is 1.63. The number of nitrogens with one attached hydrogen (secondary N) is 1. The van der Waals surface area contributed by atoms with Crippen molar-refractivity contribution in [2.24, 2.45) is 5.92 Å². The molecule has 76 valence electrons. The average Bonchev–Trinajstić information content (AvgIpc) is 3.01. The fourth-order valence-corrected chi connectivity index (χ4v) is 1.37. The molecule has 0 bridgehead atoms. The number of hydrogen-bond acceptors (Lipinski definition) is 3. The molecule has 0 amide bonds. The summed E-state index contributed by atoms with van der Waals surface area (Å²) in [6.07, 6.45) is 2.58. The lowest BCUT2D eigenvalue weighted by Crippen LogP contribution is -2.09. The van der Waals surface area contributed by atoms with Crippen molar-refractivity contribution in [3.8, 4) is 5.75 Å². The van der Waals surface area contributed by atoms with Gasteiger partial charge in [0.05, 0.1) is 6.61 Å². The van der Waals surface area contributed by atoms with E-state index in [2.05, 4.69) is 5.48 Å². The number of rotatable bonds is 5. The maximum absolute atomic E-state index is 8.63. The van der Waals surface area contributed by atoms with E-state index in [1.165, 1.54) is 12.8 Å². The molecule has 0 atom stereocenters. The predicted octanol–water partition coefficient (Wildman–Crippen LogP) is 1.95. The van der Waals surface area contributed by atoms with Crippen LogP contribution in [0.5, 0.6) is 5.75 Å². The van der Waals surface area contributed by atoms with E-state index in [1.54, 1.807) is 0 Å². The van der Waals surface area contributed by atoms with Gasteiger partial charge in [-0.2, -0.15) is 0 Å². The zero-order chi connectivity index (χ0) is 9.80. The van der Waals surface area contributed by atoms with Crippen LogP contribution in [0.15, 0.2) is 24.3 Å². The van der Waals surface area contributed by atoms with Gasteiger partial charge in [0.2, 0.25) is 0 Å². The third-order valence-corrected chi connectivity index (χ3v) is 2.41. The van der Waals surface area contributed by atoms with E-state index >= 15 is 0 Å². The summed E-state index contributed by atoms with van der Waals surface area (Å²) in [5.41, 5.74) is 3.14. The molecule has 1 fully saturated rings. The predicted molar refractivity (Wildman–Crippen MR) is 53.3 cm³/mol.